The van der Waals surface area contributed by atoms with E-state index < -0.39 is 0 Å². The average molecular weight is 283 g/mol. The molecule has 114 valence electrons. The zero-order valence-electron chi connectivity index (χ0n) is 12.4. The summed E-state index contributed by atoms with van der Waals surface area (Å²) in [5, 5.41) is 11.9. The van der Waals surface area contributed by atoms with Crippen molar-refractivity contribution in [2.75, 3.05) is 39.6 Å². The van der Waals surface area contributed by atoms with Crippen LogP contribution in [0.25, 0.3) is 0 Å². The van der Waals surface area contributed by atoms with E-state index >= 15 is 0 Å². The molecule has 0 aliphatic carbocycles. The van der Waals surface area contributed by atoms with Crippen molar-refractivity contribution >= 4 is 0 Å². The number of hydrogen-bond donors (Lipinski definition) is 2. The lowest BCUT2D eigenvalue weighted by Crippen LogP contribution is -2.12. The number of ether oxygens (including phenoxy) is 3. The Morgan fingerprint density at radius 1 is 1.05 bits per heavy atom. The van der Waals surface area contributed by atoms with Gasteiger partial charge in [-0.15, -0.1) is 0 Å². The number of hydrogen-bond acceptors (Lipinski definition) is 5. The molecular weight excluding hydrogens is 258 g/mol. The molecule has 1 aromatic rings. The second-order valence-electron chi connectivity index (χ2n) is 4.18. The maximum absolute atomic E-state index is 8.61. The van der Waals surface area contributed by atoms with E-state index in [0.29, 0.717) is 26.4 Å². The molecule has 0 aliphatic heterocycles. The summed E-state index contributed by atoms with van der Waals surface area (Å²) in [6.45, 7) is 7.63. The van der Waals surface area contributed by atoms with Gasteiger partial charge in [0.05, 0.1) is 26.4 Å². The fourth-order valence-electron chi connectivity index (χ4n) is 1.70. The fourth-order valence-corrected chi connectivity index (χ4v) is 1.70. The van der Waals surface area contributed by atoms with Gasteiger partial charge in [-0.1, -0.05) is 13.0 Å². The average Bonchev–Trinajstić information content (AvgIpc) is 2.47. The third-order valence-electron chi connectivity index (χ3n) is 2.61. The summed E-state index contributed by atoms with van der Waals surface area (Å²) in [5.74, 6) is 1.48. The smallest absolute Gasteiger partial charge is 0.161 e. The summed E-state index contributed by atoms with van der Waals surface area (Å²) in [6, 6.07) is 5.94. The number of aliphatic hydroxyl groups is 1. The molecule has 1 rings (SSSR count). The first-order valence-electron chi connectivity index (χ1n) is 7.09. The van der Waals surface area contributed by atoms with Crippen molar-refractivity contribution in [3.63, 3.8) is 0 Å². The number of nitrogens with one attached hydrogen (secondary N) is 1. The molecule has 1 aromatic carbocycles. The van der Waals surface area contributed by atoms with Gasteiger partial charge in [-0.05, 0) is 31.2 Å². The third kappa shape index (κ3) is 6.23. The summed E-state index contributed by atoms with van der Waals surface area (Å²) in [7, 11) is 0. The van der Waals surface area contributed by atoms with E-state index in [1.54, 1.807) is 0 Å². The molecular formula is C15H25NO4. The van der Waals surface area contributed by atoms with E-state index in [-0.39, 0.29) is 6.61 Å². The molecule has 0 spiro atoms. The van der Waals surface area contributed by atoms with Gasteiger partial charge in [-0.3, -0.25) is 0 Å². The lowest BCUT2D eigenvalue weighted by Gasteiger charge is -2.13. The minimum Gasteiger partial charge on any atom is -0.490 e. The normalized spacial score (nSPS) is 10.6. The van der Waals surface area contributed by atoms with Crippen LogP contribution in [-0.4, -0.2) is 44.7 Å². The van der Waals surface area contributed by atoms with Gasteiger partial charge in [-0.25, -0.2) is 0 Å². The van der Waals surface area contributed by atoms with Gasteiger partial charge >= 0.3 is 0 Å². The SMILES string of the molecule is CCNCc1ccc(OCCOCCO)c(OCC)c1. The Morgan fingerprint density at radius 2 is 1.90 bits per heavy atom. The predicted octanol–water partition coefficient (Wildman–Crippen LogP) is 1.58. The Hall–Kier alpha value is -1.30. The Morgan fingerprint density at radius 3 is 2.60 bits per heavy atom. The highest BCUT2D eigenvalue weighted by Gasteiger charge is 2.06. The summed E-state index contributed by atoms with van der Waals surface area (Å²) in [5.41, 5.74) is 1.17. The van der Waals surface area contributed by atoms with Gasteiger partial charge in [-0.2, -0.15) is 0 Å². The van der Waals surface area contributed by atoms with Crippen molar-refractivity contribution in [3.05, 3.63) is 23.8 Å². The number of rotatable bonds is 11. The molecule has 5 heteroatoms. The maximum Gasteiger partial charge on any atom is 0.161 e. The second kappa shape index (κ2) is 10.5. The van der Waals surface area contributed by atoms with Gasteiger partial charge in [0, 0.05) is 6.54 Å². The Bertz CT molecular complexity index is 371. The molecule has 0 radical (unpaired) electrons. The Kier molecular flexibility index (Phi) is 8.78. The minimum absolute atomic E-state index is 0.0311. The zero-order chi connectivity index (χ0) is 14.6. The van der Waals surface area contributed by atoms with Crippen LogP contribution >= 0.6 is 0 Å². The van der Waals surface area contributed by atoms with Crippen molar-refractivity contribution in [3.8, 4) is 11.5 Å². The van der Waals surface area contributed by atoms with Crippen LogP contribution < -0.4 is 14.8 Å². The number of aliphatic hydroxyl groups excluding tert-OH is 1. The predicted molar refractivity (Wildman–Crippen MR) is 78.4 cm³/mol. The van der Waals surface area contributed by atoms with Crippen LogP contribution in [0.3, 0.4) is 0 Å². The fraction of sp³-hybridized carbons (Fsp3) is 0.600. The molecule has 0 atom stereocenters. The highest BCUT2D eigenvalue weighted by molar-refractivity contribution is 5.43. The minimum atomic E-state index is 0.0311. The van der Waals surface area contributed by atoms with Crippen molar-refractivity contribution in [1.29, 1.82) is 0 Å². The lowest BCUT2D eigenvalue weighted by molar-refractivity contribution is 0.0697. The molecule has 2 N–H and O–H groups in total. The van der Waals surface area contributed by atoms with Gasteiger partial charge < -0.3 is 24.6 Å². The van der Waals surface area contributed by atoms with Gasteiger partial charge in [0.15, 0.2) is 11.5 Å². The van der Waals surface area contributed by atoms with E-state index in [0.717, 1.165) is 24.6 Å². The molecule has 0 aliphatic rings. The van der Waals surface area contributed by atoms with Crippen molar-refractivity contribution in [1.82, 2.24) is 5.32 Å². The van der Waals surface area contributed by atoms with Crippen LogP contribution in [0.4, 0.5) is 0 Å². The monoisotopic (exact) mass is 283 g/mol. The first kappa shape index (κ1) is 16.8. The van der Waals surface area contributed by atoms with Crippen LogP contribution in [-0.2, 0) is 11.3 Å². The van der Waals surface area contributed by atoms with Crippen LogP contribution in [0, 0.1) is 0 Å². The van der Waals surface area contributed by atoms with Crippen LogP contribution in [0.2, 0.25) is 0 Å². The summed E-state index contributed by atoms with van der Waals surface area (Å²) in [4.78, 5) is 0. The van der Waals surface area contributed by atoms with Gasteiger partial charge in [0.25, 0.3) is 0 Å². The van der Waals surface area contributed by atoms with Crippen molar-refractivity contribution < 1.29 is 19.3 Å². The quantitative estimate of drug-likeness (QED) is 0.604. The molecule has 0 bridgehead atoms. The third-order valence-corrected chi connectivity index (χ3v) is 2.61. The molecule has 20 heavy (non-hydrogen) atoms. The van der Waals surface area contributed by atoms with Gasteiger partial charge in [0.1, 0.15) is 6.61 Å². The largest absolute Gasteiger partial charge is 0.490 e. The molecule has 5 nitrogen and oxygen atoms in total. The summed E-state index contributed by atoms with van der Waals surface area (Å²) in [6.07, 6.45) is 0. The molecule has 0 aromatic heterocycles. The standard InChI is InChI=1S/C15H25NO4/c1-3-16-12-13-5-6-14(15(11-13)19-4-2)20-10-9-18-8-7-17/h5-6,11,16-17H,3-4,7-10,12H2,1-2H3. The van der Waals surface area contributed by atoms with E-state index in [2.05, 4.69) is 12.2 Å². The van der Waals surface area contributed by atoms with E-state index in [4.69, 9.17) is 19.3 Å². The van der Waals surface area contributed by atoms with E-state index in [1.165, 1.54) is 5.56 Å². The van der Waals surface area contributed by atoms with E-state index in [1.807, 2.05) is 25.1 Å². The van der Waals surface area contributed by atoms with Crippen LogP contribution in [0.15, 0.2) is 18.2 Å². The molecule has 0 saturated heterocycles. The van der Waals surface area contributed by atoms with E-state index in [9.17, 15) is 0 Å². The molecule has 0 unspecified atom stereocenters. The molecule has 0 amide bonds. The lowest BCUT2D eigenvalue weighted by atomic mass is 10.2. The highest BCUT2D eigenvalue weighted by Crippen LogP contribution is 2.28. The maximum atomic E-state index is 8.61. The summed E-state index contributed by atoms with van der Waals surface area (Å²) < 4.78 is 16.4. The molecule has 0 saturated carbocycles. The van der Waals surface area contributed by atoms with Gasteiger partial charge in [0.2, 0.25) is 0 Å². The Balaban J connectivity index is 2.54. The first-order valence-corrected chi connectivity index (χ1v) is 7.09. The molecule has 0 fully saturated rings. The first-order chi connectivity index (χ1) is 9.81. The van der Waals surface area contributed by atoms with Crippen molar-refractivity contribution in [2.45, 2.75) is 20.4 Å². The van der Waals surface area contributed by atoms with Crippen molar-refractivity contribution in [2.24, 2.45) is 0 Å². The summed E-state index contributed by atoms with van der Waals surface area (Å²) >= 11 is 0. The van der Waals surface area contributed by atoms with Crippen LogP contribution in [0.5, 0.6) is 11.5 Å². The molecule has 0 heterocycles. The number of benzene rings is 1. The topological polar surface area (TPSA) is 60.0 Å². The zero-order valence-corrected chi connectivity index (χ0v) is 12.4. The van der Waals surface area contributed by atoms with Crippen LogP contribution in [0.1, 0.15) is 19.4 Å². The Labute approximate surface area is 120 Å². The highest BCUT2D eigenvalue weighted by atomic mass is 16.5. The second-order valence-corrected chi connectivity index (χ2v) is 4.18.